The summed E-state index contributed by atoms with van der Waals surface area (Å²) in [4.78, 5) is 2.43. The van der Waals surface area contributed by atoms with Gasteiger partial charge >= 0.3 is 0 Å². The van der Waals surface area contributed by atoms with E-state index in [0.29, 0.717) is 6.04 Å². The van der Waals surface area contributed by atoms with Gasteiger partial charge in [0.15, 0.2) is 0 Å². The van der Waals surface area contributed by atoms with Crippen molar-refractivity contribution in [1.29, 1.82) is 0 Å². The lowest BCUT2D eigenvalue weighted by molar-refractivity contribution is 0.272. The van der Waals surface area contributed by atoms with Crippen LogP contribution >= 0.6 is 0 Å². The highest BCUT2D eigenvalue weighted by molar-refractivity contribution is 5.03. The van der Waals surface area contributed by atoms with Gasteiger partial charge in [0, 0.05) is 25.7 Å². The fourth-order valence-electron chi connectivity index (χ4n) is 1.44. The number of nitrogens with two attached hydrogens (primary N) is 1. The summed E-state index contributed by atoms with van der Waals surface area (Å²) in [6, 6.07) is 0.358. The Balaban J connectivity index is 2.27. The fourth-order valence-corrected chi connectivity index (χ4v) is 1.44. The van der Waals surface area contributed by atoms with E-state index in [0.717, 1.165) is 19.5 Å². The van der Waals surface area contributed by atoms with Crippen LogP contribution < -0.4 is 5.73 Å². The lowest BCUT2D eigenvalue weighted by atomic mass is 10.1. The maximum atomic E-state index is 5.88. The van der Waals surface area contributed by atoms with Crippen LogP contribution in [-0.4, -0.2) is 30.6 Å². The molecule has 1 atom stereocenters. The summed E-state index contributed by atoms with van der Waals surface area (Å²) in [5.41, 5.74) is 7.40. The average molecular weight is 168 g/mol. The lowest BCUT2D eigenvalue weighted by Crippen LogP contribution is -2.39. The molecule has 0 saturated carbocycles. The summed E-state index contributed by atoms with van der Waals surface area (Å²) >= 11 is 0. The van der Waals surface area contributed by atoms with Crippen LogP contribution in [0.3, 0.4) is 0 Å². The van der Waals surface area contributed by atoms with Crippen LogP contribution in [0.4, 0.5) is 0 Å². The average Bonchev–Trinajstić information content (AvgIpc) is 2.09. The number of hydrogen-bond donors (Lipinski definition) is 1. The van der Waals surface area contributed by atoms with E-state index in [1.807, 2.05) is 0 Å². The van der Waals surface area contributed by atoms with Crippen molar-refractivity contribution in [3.8, 4) is 0 Å². The molecule has 12 heavy (non-hydrogen) atoms. The molecule has 0 spiro atoms. The fraction of sp³-hybridized carbons (Fsp3) is 0.800. The van der Waals surface area contributed by atoms with Crippen molar-refractivity contribution in [2.75, 3.05) is 19.6 Å². The lowest BCUT2D eigenvalue weighted by Gasteiger charge is -2.27. The molecule has 0 radical (unpaired) electrons. The van der Waals surface area contributed by atoms with Crippen molar-refractivity contribution in [1.82, 2.24) is 4.90 Å². The molecule has 0 fully saturated rings. The highest BCUT2D eigenvalue weighted by Crippen LogP contribution is 2.09. The van der Waals surface area contributed by atoms with Crippen LogP contribution in [0.5, 0.6) is 0 Å². The minimum atomic E-state index is 0.358. The van der Waals surface area contributed by atoms with Gasteiger partial charge in [0.2, 0.25) is 0 Å². The third kappa shape index (κ3) is 2.95. The van der Waals surface area contributed by atoms with Crippen molar-refractivity contribution in [2.24, 2.45) is 5.73 Å². The monoisotopic (exact) mass is 168 g/mol. The molecule has 1 heterocycles. The quantitative estimate of drug-likeness (QED) is 0.645. The van der Waals surface area contributed by atoms with Gasteiger partial charge in [-0.15, -0.1) is 0 Å². The predicted octanol–water partition coefficient (Wildman–Crippen LogP) is 1.38. The smallest absolute Gasteiger partial charge is 0.0166 e. The van der Waals surface area contributed by atoms with Crippen LogP contribution in [0, 0.1) is 0 Å². The maximum Gasteiger partial charge on any atom is 0.0166 e. The van der Waals surface area contributed by atoms with Gasteiger partial charge in [-0.1, -0.05) is 18.6 Å². The second kappa shape index (κ2) is 4.63. The van der Waals surface area contributed by atoms with Crippen molar-refractivity contribution in [2.45, 2.75) is 32.7 Å². The Morgan fingerprint density at radius 3 is 2.92 bits per heavy atom. The topological polar surface area (TPSA) is 29.3 Å². The van der Waals surface area contributed by atoms with Gasteiger partial charge in [-0.3, -0.25) is 4.90 Å². The Kier molecular flexibility index (Phi) is 3.76. The summed E-state index contributed by atoms with van der Waals surface area (Å²) in [5.74, 6) is 0. The standard InChI is InChI=1S/C10H20N2/c1-3-10(11)8-12-6-4-9(2)5-7-12/h4,10H,3,5-8,11H2,1-2H3. The minimum Gasteiger partial charge on any atom is -0.327 e. The summed E-state index contributed by atoms with van der Waals surface area (Å²) in [5, 5.41) is 0. The van der Waals surface area contributed by atoms with E-state index < -0.39 is 0 Å². The van der Waals surface area contributed by atoms with E-state index in [1.54, 1.807) is 0 Å². The van der Waals surface area contributed by atoms with Gasteiger partial charge in [0.05, 0.1) is 0 Å². The van der Waals surface area contributed by atoms with Crippen molar-refractivity contribution in [3.05, 3.63) is 11.6 Å². The maximum absolute atomic E-state index is 5.88. The summed E-state index contributed by atoms with van der Waals surface area (Å²) in [6.07, 6.45) is 4.61. The minimum absolute atomic E-state index is 0.358. The molecule has 0 amide bonds. The summed E-state index contributed by atoms with van der Waals surface area (Å²) < 4.78 is 0. The first-order chi connectivity index (χ1) is 5.72. The molecule has 70 valence electrons. The molecule has 1 unspecified atom stereocenters. The zero-order valence-corrected chi connectivity index (χ0v) is 8.21. The Morgan fingerprint density at radius 2 is 2.42 bits per heavy atom. The first-order valence-corrected chi connectivity index (χ1v) is 4.86. The molecule has 2 N–H and O–H groups in total. The van der Waals surface area contributed by atoms with Crippen LogP contribution in [0.2, 0.25) is 0 Å². The van der Waals surface area contributed by atoms with Gasteiger partial charge in [-0.2, -0.15) is 0 Å². The summed E-state index contributed by atoms with van der Waals surface area (Å²) in [6.45, 7) is 7.70. The third-order valence-corrected chi connectivity index (χ3v) is 2.54. The van der Waals surface area contributed by atoms with E-state index in [4.69, 9.17) is 5.73 Å². The van der Waals surface area contributed by atoms with Gasteiger partial charge in [-0.05, 0) is 19.8 Å². The summed E-state index contributed by atoms with van der Waals surface area (Å²) in [7, 11) is 0. The van der Waals surface area contributed by atoms with Gasteiger partial charge < -0.3 is 5.73 Å². The molecular weight excluding hydrogens is 148 g/mol. The molecule has 2 heteroatoms. The van der Waals surface area contributed by atoms with E-state index in [1.165, 1.54) is 18.5 Å². The van der Waals surface area contributed by atoms with Crippen LogP contribution in [0.1, 0.15) is 26.7 Å². The number of nitrogens with zero attached hydrogens (tertiary/aromatic N) is 1. The van der Waals surface area contributed by atoms with Crippen molar-refractivity contribution in [3.63, 3.8) is 0 Å². The molecule has 2 nitrogen and oxygen atoms in total. The second-order valence-electron chi connectivity index (χ2n) is 3.73. The Morgan fingerprint density at radius 1 is 1.67 bits per heavy atom. The first-order valence-electron chi connectivity index (χ1n) is 4.86. The molecular formula is C10H20N2. The Labute approximate surface area is 75.4 Å². The zero-order chi connectivity index (χ0) is 8.97. The Bertz CT molecular complexity index is 163. The molecule has 0 aliphatic carbocycles. The molecule has 1 rings (SSSR count). The first kappa shape index (κ1) is 9.75. The molecule has 0 bridgehead atoms. The number of hydrogen-bond acceptors (Lipinski definition) is 2. The molecule has 0 aromatic carbocycles. The van der Waals surface area contributed by atoms with E-state index >= 15 is 0 Å². The molecule has 1 aliphatic rings. The normalized spacial score (nSPS) is 22.1. The van der Waals surface area contributed by atoms with Crippen LogP contribution in [-0.2, 0) is 0 Å². The zero-order valence-electron chi connectivity index (χ0n) is 8.21. The third-order valence-electron chi connectivity index (χ3n) is 2.54. The van der Waals surface area contributed by atoms with E-state index in [-0.39, 0.29) is 0 Å². The van der Waals surface area contributed by atoms with Gasteiger partial charge in [-0.25, -0.2) is 0 Å². The van der Waals surface area contributed by atoms with Crippen LogP contribution in [0.15, 0.2) is 11.6 Å². The Hall–Kier alpha value is -0.340. The van der Waals surface area contributed by atoms with E-state index in [2.05, 4.69) is 24.8 Å². The van der Waals surface area contributed by atoms with Gasteiger partial charge in [0.1, 0.15) is 0 Å². The van der Waals surface area contributed by atoms with Gasteiger partial charge in [0.25, 0.3) is 0 Å². The number of rotatable bonds is 3. The predicted molar refractivity (Wildman–Crippen MR) is 53.1 cm³/mol. The van der Waals surface area contributed by atoms with Crippen molar-refractivity contribution >= 4 is 0 Å². The SMILES string of the molecule is CCC(N)CN1CC=C(C)CC1. The molecule has 0 saturated heterocycles. The van der Waals surface area contributed by atoms with Crippen LogP contribution in [0.25, 0.3) is 0 Å². The highest BCUT2D eigenvalue weighted by atomic mass is 15.1. The largest absolute Gasteiger partial charge is 0.327 e. The second-order valence-corrected chi connectivity index (χ2v) is 3.73. The van der Waals surface area contributed by atoms with E-state index in [9.17, 15) is 0 Å². The molecule has 0 aromatic heterocycles. The van der Waals surface area contributed by atoms with Crippen molar-refractivity contribution < 1.29 is 0 Å². The molecule has 0 aromatic rings. The molecule has 1 aliphatic heterocycles. The highest BCUT2D eigenvalue weighted by Gasteiger charge is 2.11.